The average Bonchev–Trinajstić information content (AvgIpc) is 3.13. The van der Waals surface area contributed by atoms with Crippen molar-refractivity contribution < 1.29 is 24.4 Å². The number of aromatic nitrogens is 2. The molecule has 4 rings (SSSR count). The van der Waals surface area contributed by atoms with Crippen molar-refractivity contribution in [3.63, 3.8) is 0 Å². The summed E-state index contributed by atoms with van der Waals surface area (Å²) in [4.78, 5) is 26.5. The summed E-state index contributed by atoms with van der Waals surface area (Å²) in [5, 5.41) is 21.6. The zero-order chi connectivity index (χ0) is 24.1. The van der Waals surface area contributed by atoms with Crippen molar-refractivity contribution in [3.05, 3.63) is 104 Å². The lowest BCUT2D eigenvalue weighted by Gasteiger charge is -2.32. The molecule has 3 aromatic rings. The van der Waals surface area contributed by atoms with Gasteiger partial charge in [0, 0.05) is 11.8 Å². The molecule has 1 unspecified atom stereocenters. The van der Waals surface area contributed by atoms with Crippen LogP contribution in [0.15, 0.2) is 76.4 Å². The molecular formula is C25H28N2O7. The lowest BCUT2D eigenvalue weighted by molar-refractivity contribution is -0.175. The van der Waals surface area contributed by atoms with Crippen molar-refractivity contribution in [2.75, 3.05) is 13.2 Å². The standard InChI is InChI=1S/C25H28N2O7/c1-17-12-27(24(31)26-22(17)30)23-20(29)21(33-14-19-10-6-3-7-11-19)25(15-28,34-23)16-32-13-18-8-4-2-5-9-18/h2-12,20-21,23,28-29H,13-16H2,1H3,(H,26,30,31)/t20-,21+,23?,25-/m1/s1. The molecule has 1 aromatic heterocycles. The maximum absolute atomic E-state index is 12.5. The molecule has 0 amide bonds. The predicted octanol–water partition coefficient (Wildman–Crippen LogP) is 1.27. The maximum Gasteiger partial charge on any atom is 0.330 e. The number of hydrogen-bond donors (Lipinski definition) is 3. The average molecular weight is 469 g/mol. The molecule has 0 bridgehead atoms. The molecule has 0 spiro atoms. The molecule has 9 nitrogen and oxygen atoms in total. The number of nitrogens with one attached hydrogen (secondary N) is 1. The highest BCUT2D eigenvalue weighted by atomic mass is 16.6. The Labute approximate surface area is 196 Å². The molecule has 1 fully saturated rings. The maximum atomic E-state index is 12.5. The van der Waals surface area contributed by atoms with Crippen LogP contribution >= 0.6 is 0 Å². The van der Waals surface area contributed by atoms with E-state index >= 15 is 0 Å². The van der Waals surface area contributed by atoms with E-state index in [0.29, 0.717) is 0 Å². The Morgan fingerprint density at radius 2 is 1.65 bits per heavy atom. The second kappa shape index (κ2) is 10.5. The van der Waals surface area contributed by atoms with Crippen molar-refractivity contribution in [2.45, 2.75) is 44.2 Å². The van der Waals surface area contributed by atoms with Crippen molar-refractivity contribution in [3.8, 4) is 0 Å². The summed E-state index contributed by atoms with van der Waals surface area (Å²) in [5.41, 5.74) is -0.631. The first-order valence-electron chi connectivity index (χ1n) is 11.0. The van der Waals surface area contributed by atoms with E-state index in [4.69, 9.17) is 14.2 Å². The lowest BCUT2D eigenvalue weighted by Crippen LogP contribution is -2.51. The van der Waals surface area contributed by atoms with E-state index in [2.05, 4.69) is 4.98 Å². The highest BCUT2D eigenvalue weighted by Crippen LogP contribution is 2.39. The SMILES string of the molecule is Cc1cn(C2O[C@](CO)(COCc3ccccc3)[C@@H](OCc3ccccc3)[C@H]2O)c(=O)[nH]c1=O. The first kappa shape index (κ1) is 24.1. The van der Waals surface area contributed by atoms with Gasteiger partial charge in [0.2, 0.25) is 0 Å². The number of aryl methyl sites for hydroxylation is 1. The van der Waals surface area contributed by atoms with Crippen molar-refractivity contribution in [1.29, 1.82) is 0 Å². The Morgan fingerprint density at radius 3 is 2.26 bits per heavy atom. The first-order valence-corrected chi connectivity index (χ1v) is 11.0. The molecule has 2 aromatic carbocycles. The van der Waals surface area contributed by atoms with Crippen molar-refractivity contribution in [1.82, 2.24) is 9.55 Å². The fraction of sp³-hybridized carbons (Fsp3) is 0.360. The van der Waals surface area contributed by atoms with Crippen LogP contribution in [-0.2, 0) is 27.4 Å². The van der Waals surface area contributed by atoms with E-state index in [-0.39, 0.29) is 25.4 Å². The second-order valence-electron chi connectivity index (χ2n) is 8.40. The number of nitrogens with zero attached hydrogens (tertiary/aromatic N) is 1. The highest BCUT2D eigenvalue weighted by Gasteiger charge is 2.56. The Morgan fingerprint density at radius 1 is 1.03 bits per heavy atom. The molecule has 9 heteroatoms. The van der Waals surface area contributed by atoms with Gasteiger partial charge in [-0.05, 0) is 18.1 Å². The van der Waals surface area contributed by atoms with Gasteiger partial charge in [-0.1, -0.05) is 60.7 Å². The van der Waals surface area contributed by atoms with E-state index in [0.717, 1.165) is 15.7 Å². The summed E-state index contributed by atoms with van der Waals surface area (Å²) in [7, 11) is 0. The molecule has 4 atom stereocenters. The van der Waals surface area contributed by atoms with Crippen LogP contribution in [0.25, 0.3) is 0 Å². The molecule has 0 aliphatic carbocycles. The minimum atomic E-state index is -1.45. The molecule has 3 N–H and O–H groups in total. The van der Waals surface area contributed by atoms with E-state index in [1.165, 1.54) is 6.20 Å². The molecule has 0 radical (unpaired) electrons. The van der Waals surface area contributed by atoms with Gasteiger partial charge in [0.25, 0.3) is 5.56 Å². The van der Waals surface area contributed by atoms with E-state index < -0.39 is 41.9 Å². The van der Waals surface area contributed by atoms with Gasteiger partial charge < -0.3 is 24.4 Å². The third kappa shape index (κ3) is 5.03. The number of rotatable bonds is 9. The zero-order valence-electron chi connectivity index (χ0n) is 18.8. The summed E-state index contributed by atoms with van der Waals surface area (Å²) in [6.07, 6.45) is -2.21. The van der Waals surface area contributed by atoms with Gasteiger partial charge in [-0.25, -0.2) is 4.79 Å². The van der Waals surface area contributed by atoms with Crippen LogP contribution in [0, 0.1) is 6.92 Å². The summed E-state index contributed by atoms with van der Waals surface area (Å²) in [6.45, 7) is 1.34. The molecular weight excluding hydrogens is 440 g/mol. The predicted molar refractivity (Wildman–Crippen MR) is 123 cm³/mol. The van der Waals surface area contributed by atoms with Crippen LogP contribution in [0.1, 0.15) is 22.9 Å². The smallest absolute Gasteiger partial charge is 0.330 e. The summed E-state index contributed by atoms with van der Waals surface area (Å²) >= 11 is 0. The largest absolute Gasteiger partial charge is 0.393 e. The fourth-order valence-electron chi connectivity index (χ4n) is 4.05. The van der Waals surface area contributed by atoms with Crippen molar-refractivity contribution in [2.24, 2.45) is 0 Å². The van der Waals surface area contributed by atoms with E-state index in [9.17, 15) is 19.8 Å². The third-order valence-corrected chi connectivity index (χ3v) is 5.89. The summed E-state index contributed by atoms with van der Waals surface area (Å²) < 4.78 is 19.1. The normalized spacial score (nSPS) is 24.4. The Kier molecular flexibility index (Phi) is 7.40. The number of H-pyrrole nitrogens is 1. The van der Waals surface area contributed by atoms with Crippen LogP contribution in [0.4, 0.5) is 0 Å². The van der Waals surface area contributed by atoms with Gasteiger partial charge in [0.15, 0.2) is 6.23 Å². The minimum absolute atomic E-state index is 0.0947. The van der Waals surface area contributed by atoms with E-state index in [1.54, 1.807) is 6.92 Å². The fourth-order valence-corrected chi connectivity index (χ4v) is 4.05. The number of benzene rings is 2. The van der Waals surface area contributed by atoms with E-state index in [1.807, 2.05) is 60.7 Å². The lowest BCUT2D eigenvalue weighted by atomic mass is 9.96. The monoisotopic (exact) mass is 468 g/mol. The minimum Gasteiger partial charge on any atom is -0.393 e. The quantitative estimate of drug-likeness (QED) is 0.432. The second-order valence-corrected chi connectivity index (χ2v) is 8.40. The Balaban J connectivity index is 1.61. The van der Waals surface area contributed by atoms with Gasteiger partial charge in [0.1, 0.15) is 17.8 Å². The molecule has 1 aliphatic heterocycles. The zero-order valence-corrected chi connectivity index (χ0v) is 18.8. The molecule has 34 heavy (non-hydrogen) atoms. The Hall–Kier alpha value is -3.08. The summed E-state index contributed by atoms with van der Waals surface area (Å²) in [6, 6.07) is 18.9. The number of aromatic amines is 1. The molecule has 1 aliphatic rings. The molecule has 1 saturated heterocycles. The number of hydrogen-bond acceptors (Lipinski definition) is 7. The first-order chi connectivity index (χ1) is 16.4. The summed E-state index contributed by atoms with van der Waals surface area (Å²) in [5.74, 6) is 0. The Bertz CT molecular complexity index is 1200. The van der Waals surface area contributed by atoms with Gasteiger partial charge >= 0.3 is 5.69 Å². The van der Waals surface area contributed by atoms with Gasteiger partial charge in [0.05, 0.1) is 26.4 Å². The topological polar surface area (TPSA) is 123 Å². The van der Waals surface area contributed by atoms with Crippen LogP contribution in [0.2, 0.25) is 0 Å². The number of aliphatic hydroxyl groups excluding tert-OH is 2. The van der Waals surface area contributed by atoms with Gasteiger partial charge in [-0.15, -0.1) is 0 Å². The van der Waals surface area contributed by atoms with Crippen molar-refractivity contribution >= 4 is 0 Å². The number of ether oxygens (including phenoxy) is 3. The van der Waals surface area contributed by atoms with Crippen LogP contribution in [0.5, 0.6) is 0 Å². The third-order valence-electron chi connectivity index (χ3n) is 5.89. The number of aliphatic hydroxyl groups is 2. The van der Waals surface area contributed by atoms with Crippen LogP contribution in [-0.4, -0.2) is 50.8 Å². The molecule has 2 heterocycles. The molecule has 0 saturated carbocycles. The highest BCUT2D eigenvalue weighted by molar-refractivity contribution is 5.15. The van der Waals surface area contributed by atoms with Crippen LogP contribution in [0.3, 0.4) is 0 Å². The van der Waals surface area contributed by atoms with Gasteiger partial charge in [-0.2, -0.15) is 0 Å². The molecule has 180 valence electrons. The van der Waals surface area contributed by atoms with Crippen LogP contribution < -0.4 is 11.2 Å². The van der Waals surface area contributed by atoms with Gasteiger partial charge in [-0.3, -0.25) is 14.3 Å².